The number of carbonyl (C=O) groups excluding carboxylic acids is 1. The lowest BCUT2D eigenvalue weighted by Crippen LogP contribution is -2.44. The molecular formula is C13H25NO2. The molecule has 1 saturated carbocycles. The van der Waals surface area contributed by atoms with Crippen molar-refractivity contribution >= 4 is 5.91 Å². The van der Waals surface area contributed by atoms with Crippen LogP contribution in [-0.2, 0) is 4.79 Å². The summed E-state index contributed by atoms with van der Waals surface area (Å²) in [5, 5.41) is 12.0. The molecule has 0 aliphatic heterocycles. The highest BCUT2D eigenvalue weighted by molar-refractivity contribution is 5.83. The summed E-state index contributed by atoms with van der Waals surface area (Å²) in [6, 6.07) is 0.140. The van der Waals surface area contributed by atoms with Crippen LogP contribution in [0.2, 0.25) is 0 Å². The van der Waals surface area contributed by atoms with E-state index in [0.717, 1.165) is 25.7 Å². The van der Waals surface area contributed by atoms with Crippen LogP contribution in [0.15, 0.2) is 0 Å². The second-order valence-electron chi connectivity index (χ2n) is 4.93. The summed E-state index contributed by atoms with van der Waals surface area (Å²) < 4.78 is 0. The Morgan fingerprint density at radius 1 is 1.38 bits per heavy atom. The molecule has 0 radical (unpaired) electrons. The topological polar surface area (TPSA) is 49.3 Å². The molecule has 0 heterocycles. The smallest absolute Gasteiger partial charge is 0.226 e. The van der Waals surface area contributed by atoms with Gasteiger partial charge >= 0.3 is 0 Å². The zero-order valence-corrected chi connectivity index (χ0v) is 10.6. The van der Waals surface area contributed by atoms with E-state index in [1.165, 1.54) is 12.8 Å². The molecule has 1 unspecified atom stereocenters. The van der Waals surface area contributed by atoms with E-state index in [-0.39, 0.29) is 24.0 Å². The molecule has 0 aromatic heterocycles. The Kier molecular flexibility index (Phi) is 5.26. The summed E-state index contributed by atoms with van der Waals surface area (Å²) in [4.78, 5) is 12.2. The Hall–Kier alpha value is -0.570. The molecular weight excluding hydrogens is 202 g/mol. The van der Waals surface area contributed by atoms with Crippen LogP contribution in [0, 0.1) is 5.41 Å². The van der Waals surface area contributed by atoms with Crippen molar-refractivity contribution in [1.82, 2.24) is 5.32 Å². The molecule has 1 fully saturated rings. The van der Waals surface area contributed by atoms with Crippen molar-refractivity contribution in [3.8, 4) is 0 Å². The van der Waals surface area contributed by atoms with Crippen molar-refractivity contribution in [2.24, 2.45) is 5.41 Å². The third-order valence-corrected chi connectivity index (χ3v) is 4.02. The van der Waals surface area contributed by atoms with E-state index in [1.807, 2.05) is 6.92 Å². The zero-order valence-electron chi connectivity index (χ0n) is 10.6. The molecule has 1 aliphatic carbocycles. The van der Waals surface area contributed by atoms with Gasteiger partial charge in [-0.05, 0) is 32.1 Å². The lowest BCUT2D eigenvalue weighted by atomic mass is 9.82. The largest absolute Gasteiger partial charge is 0.396 e. The molecule has 0 spiro atoms. The molecule has 1 amide bonds. The highest BCUT2D eigenvalue weighted by atomic mass is 16.3. The molecule has 0 aromatic rings. The van der Waals surface area contributed by atoms with Crippen LogP contribution in [0.1, 0.15) is 58.8 Å². The first-order valence-electron chi connectivity index (χ1n) is 6.60. The molecule has 2 N–H and O–H groups in total. The lowest BCUT2D eigenvalue weighted by molar-refractivity contribution is -0.131. The predicted molar refractivity (Wildman–Crippen MR) is 65.1 cm³/mol. The fourth-order valence-electron chi connectivity index (χ4n) is 2.67. The van der Waals surface area contributed by atoms with Crippen molar-refractivity contribution < 1.29 is 9.90 Å². The second kappa shape index (κ2) is 6.24. The summed E-state index contributed by atoms with van der Waals surface area (Å²) in [5.41, 5.74) is -0.108. The summed E-state index contributed by atoms with van der Waals surface area (Å²) in [6.07, 6.45) is 6.93. The quantitative estimate of drug-likeness (QED) is 0.731. The molecule has 94 valence electrons. The summed E-state index contributed by atoms with van der Waals surface area (Å²) >= 11 is 0. The SMILES string of the molecule is CCC(CCO)NC(=O)C1(CC)CCCC1. The van der Waals surface area contributed by atoms with Crippen LogP contribution in [0.4, 0.5) is 0 Å². The summed E-state index contributed by atoms with van der Waals surface area (Å²) in [5.74, 6) is 0.216. The van der Waals surface area contributed by atoms with Crippen LogP contribution in [0.25, 0.3) is 0 Å². The highest BCUT2D eigenvalue weighted by Gasteiger charge is 2.39. The molecule has 0 bridgehead atoms. The highest BCUT2D eigenvalue weighted by Crippen LogP contribution is 2.41. The van der Waals surface area contributed by atoms with Crippen LogP contribution >= 0.6 is 0 Å². The van der Waals surface area contributed by atoms with Gasteiger partial charge in [0.05, 0.1) is 0 Å². The fraction of sp³-hybridized carbons (Fsp3) is 0.923. The Labute approximate surface area is 98.6 Å². The van der Waals surface area contributed by atoms with Gasteiger partial charge in [-0.2, -0.15) is 0 Å². The standard InChI is InChI=1S/C13H25NO2/c1-3-11(7-10-15)14-12(16)13(4-2)8-5-6-9-13/h11,15H,3-10H2,1-2H3,(H,14,16). The van der Waals surface area contributed by atoms with Crippen molar-refractivity contribution in [3.63, 3.8) is 0 Å². The number of carbonyl (C=O) groups is 1. The van der Waals surface area contributed by atoms with Gasteiger partial charge in [-0.15, -0.1) is 0 Å². The molecule has 0 saturated heterocycles. The van der Waals surface area contributed by atoms with Gasteiger partial charge < -0.3 is 10.4 Å². The zero-order chi connectivity index (χ0) is 12.0. The van der Waals surface area contributed by atoms with Crippen molar-refractivity contribution in [2.45, 2.75) is 64.8 Å². The number of amides is 1. The second-order valence-corrected chi connectivity index (χ2v) is 4.93. The minimum atomic E-state index is -0.108. The summed E-state index contributed by atoms with van der Waals surface area (Å²) in [7, 11) is 0. The third kappa shape index (κ3) is 2.97. The molecule has 3 heteroatoms. The average Bonchev–Trinajstić information content (AvgIpc) is 2.78. The molecule has 16 heavy (non-hydrogen) atoms. The van der Waals surface area contributed by atoms with E-state index >= 15 is 0 Å². The Morgan fingerprint density at radius 3 is 2.44 bits per heavy atom. The van der Waals surface area contributed by atoms with E-state index in [0.29, 0.717) is 6.42 Å². The average molecular weight is 227 g/mol. The van der Waals surface area contributed by atoms with Gasteiger partial charge in [-0.3, -0.25) is 4.79 Å². The lowest BCUT2D eigenvalue weighted by Gasteiger charge is -2.28. The van der Waals surface area contributed by atoms with Gasteiger partial charge in [-0.1, -0.05) is 26.7 Å². The molecule has 1 rings (SSSR count). The van der Waals surface area contributed by atoms with E-state index in [1.54, 1.807) is 0 Å². The van der Waals surface area contributed by atoms with Crippen LogP contribution in [-0.4, -0.2) is 23.7 Å². The fourth-order valence-corrected chi connectivity index (χ4v) is 2.67. The minimum Gasteiger partial charge on any atom is -0.396 e. The predicted octanol–water partition coefficient (Wildman–Crippen LogP) is 2.23. The van der Waals surface area contributed by atoms with Crippen molar-refractivity contribution in [1.29, 1.82) is 0 Å². The molecule has 1 atom stereocenters. The van der Waals surface area contributed by atoms with Gasteiger partial charge in [0, 0.05) is 18.1 Å². The van der Waals surface area contributed by atoms with Gasteiger partial charge in [0.2, 0.25) is 5.91 Å². The van der Waals surface area contributed by atoms with E-state index in [9.17, 15) is 4.79 Å². The van der Waals surface area contributed by atoms with Gasteiger partial charge in [0.1, 0.15) is 0 Å². The number of hydrogen-bond donors (Lipinski definition) is 2. The maximum Gasteiger partial charge on any atom is 0.226 e. The first-order chi connectivity index (χ1) is 7.68. The van der Waals surface area contributed by atoms with Crippen molar-refractivity contribution in [3.05, 3.63) is 0 Å². The van der Waals surface area contributed by atoms with E-state index < -0.39 is 0 Å². The normalized spacial score (nSPS) is 20.7. The maximum atomic E-state index is 12.2. The molecule has 1 aliphatic rings. The van der Waals surface area contributed by atoms with Crippen molar-refractivity contribution in [2.75, 3.05) is 6.61 Å². The number of aliphatic hydroxyl groups excluding tert-OH is 1. The first-order valence-corrected chi connectivity index (χ1v) is 6.60. The Balaban J connectivity index is 2.54. The van der Waals surface area contributed by atoms with Crippen LogP contribution in [0.3, 0.4) is 0 Å². The monoisotopic (exact) mass is 227 g/mol. The molecule has 0 aromatic carbocycles. The number of hydrogen-bond acceptors (Lipinski definition) is 2. The Morgan fingerprint density at radius 2 is 2.00 bits per heavy atom. The van der Waals surface area contributed by atoms with Crippen LogP contribution < -0.4 is 5.32 Å². The number of nitrogens with one attached hydrogen (secondary N) is 1. The number of rotatable bonds is 6. The molecule has 3 nitrogen and oxygen atoms in total. The van der Waals surface area contributed by atoms with Gasteiger partial charge in [0.15, 0.2) is 0 Å². The van der Waals surface area contributed by atoms with E-state index in [4.69, 9.17) is 5.11 Å². The van der Waals surface area contributed by atoms with Crippen LogP contribution in [0.5, 0.6) is 0 Å². The van der Waals surface area contributed by atoms with Gasteiger partial charge in [0.25, 0.3) is 0 Å². The maximum absolute atomic E-state index is 12.2. The Bertz CT molecular complexity index is 222. The first kappa shape index (κ1) is 13.5. The third-order valence-electron chi connectivity index (χ3n) is 4.02. The minimum absolute atomic E-state index is 0.108. The number of aliphatic hydroxyl groups is 1. The van der Waals surface area contributed by atoms with Gasteiger partial charge in [-0.25, -0.2) is 0 Å². The summed E-state index contributed by atoms with van der Waals surface area (Å²) in [6.45, 7) is 4.31. The van der Waals surface area contributed by atoms with E-state index in [2.05, 4.69) is 12.2 Å².